The van der Waals surface area contributed by atoms with Crippen LogP contribution in [0.4, 0.5) is 17.2 Å². The van der Waals surface area contributed by atoms with Crippen LogP contribution in [-0.4, -0.2) is 45.8 Å². The van der Waals surface area contributed by atoms with Gasteiger partial charge in [0.1, 0.15) is 0 Å². The van der Waals surface area contributed by atoms with Gasteiger partial charge in [0.05, 0.1) is 24.6 Å². The van der Waals surface area contributed by atoms with E-state index in [0.717, 1.165) is 57.5 Å². The van der Waals surface area contributed by atoms with Crippen LogP contribution in [0.15, 0.2) is 24.3 Å². The van der Waals surface area contributed by atoms with Crippen LogP contribution in [0.2, 0.25) is 0 Å². The number of para-hydroxylation sites is 2. The Bertz CT molecular complexity index is 1020. The van der Waals surface area contributed by atoms with Crippen molar-refractivity contribution in [1.29, 1.82) is 0 Å². The molecule has 0 atom stereocenters. The standard InChI is InChI=1S/C19H22IN7O/c1-3-19(24-12-6-4-5-7-13(12)25-19)17-22-15-14(21-18(20)26(15)2)16(23-17)27-8-10-28-11-9-27/h4-7,24-25H,3,8-11H2,1-2H3. The van der Waals surface area contributed by atoms with Crippen LogP contribution in [0, 0.1) is 3.83 Å². The highest BCUT2D eigenvalue weighted by molar-refractivity contribution is 14.1. The minimum atomic E-state index is -0.547. The predicted molar refractivity (Wildman–Crippen MR) is 118 cm³/mol. The number of imidazole rings is 1. The number of fused-ring (bicyclic) bond motifs is 2. The average molecular weight is 491 g/mol. The highest BCUT2D eigenvalue weighted by Gasteiger charge is 2.40. The van der Waals surface area contributed by atoms with Gasteiger partial charge in [0.15, 0.2) is 32.3 Å². The van der Waals surface area contributed by atoms with Gasteiger partial charge in [0.2, 0.25) is 0 Å². The number of aromatic nitrogens is 4. The third-order valence-electron chi connectivity index (χ3n) is 5.49. The molecular formula is C19H22IN7O. The summed E-state index contributed by atoms with van der Waals surface area (Å²) in [6.07, 6.45) is 0.796. The first-order valence-electron chi connectivity index (χ1n) is 9.50. The Morgan fingerprint density at radius 1 is 1.11 bits per heavy atom. The number of nitrogens with one attached hydrogen (secondary N) is 2. The maximum absolute atomic E-state index is 5.54. The van der Waals surface area contributed by atoms with Gasteiger partial charge in [-0.3, -0.25) is 0 Å². The average Bonchev–Trinajstić information content (AvgIpc) is 3.26. The molecule has 1 fully saturated rings. The molecule has 5 rings (SSSR count). The molecule has 4 heterocycles. The molecule has 146 valence electrons. The predicted octanol–water partition coefficient (Wildman–Crippen LogP) is 2.90. The quantitative estimate of drug-likeness (QED) is 0.431. The van der Waals surface area contributed by atoms with E-state index in [2.05, 4.69) is 57.2 Å². The van der Waals surface area contributed by atoms with Crippen molar-refractivity contribution in [2.24, 2.45) is 7.05 Å². The molecule has 0 aliphatic carbocycles. The fourth-order valence-corrected chi connectivity index (χ4v) is 4.32. The van der Waals surface area contributed by atoms with Crippen LogP contribution in [0.25, 0.3) is 11.2 Å². The summed E-state index contributed by atoms with van der Waals surface area (Å²) in [5.41, 5.74) is 3.29. The fourth-order valence-electron chi connectivity index (χ4n) is 3.85. The van der Waals surface area contributed by atoms with Gasteiger partial charge in [-0.2, -0.15) is 0 Å². The summed E-state index contributed by atoms with van der Waals surface area (Å²) in [6, 6.07) is 8.22. The van der Waals surface area contributed by atoms with E-state index in [1.807, 2.05) is 23.7 Å². The maximum atomic E-state index is 5.54. The second-order valence-electron chi connectivity index (χ2n) is 7.14. The van der Waals surface area contributed by atoms with Gasteiger partial charge >= 0.3 is 0 Å². The third kappa shape index (κ3) is 2.71. The summed E-state index contributed by atoms with van der Waals surface area (Å²) < 4.78 is 8.46. The third-order valence-corrected chi connectivity index (χ3v) is 6.46. The van der Waals surface area contributed by atoms with E-state index in [-0.39, 0.29) is 0 Å². The first-order valence-corrected chi connectivity index (χ1v) is 10.6. The molecule has 0 spiro atoms. The smallest absolute Gasteiger partial charge is 0.179 e. The van der Waals surface area contributed by atoms with Crippen molar-refractivity contribution >= 4 is 50.9 Å². The van der Waals surface area contributed by atoms with Gasteiger partial charge in [0, 0.05) is 42.7 Å². The zero-order valence-corrected chi connectivity index (χ0v) is 18.0. The molecule has 3 aromatic rings. The number of rotatable bonds is 3. The zero-order chi connectivity index (χ0) is 19.3. The fraction of sp³-hybridized carbons (Fsp3) is 0.421. The summed E-state index contributed by atoms with van der Waals surface area (Å²) in [5, 5.41) is 7.25. The lowest BCUT2D eigenvalue weighted by Crippen LogP contribution is -2.41. The van der Waals surface area contributed by atoms with Gasteiger partial charge in [-0.05, 0) is 18.6 Å². The molecule has 0 bridgehead atoms. The summed E-state index contributed by atoms with van der Waals surface area (Å²) in [4.78, 5) is 17.0. The zero-order valence-electron chi connectivity index (χ0n) is 15.9. The minimum Gasteiger partial charge on any atom is -0.378 e. The Balaban J connectivity index is 1.68. The summed E-state index contributed by atoms with van der Waals surface area (Å²) in [6.45, 7) is 5.15. The van der Waals surface area contributed by atoms with Crippen molar-refractivity contribution in [3.8, 4) is 0 Å². The van der Waals surface area contributed by atoms with Gasteiger partial charge < -0.3 is 24.8 Å². The van der Waals surface area contributed by atoms with Crippen LogP contribution < -0.4 is 15.5 Å². The van der Waals surface area contributed by atoms with Crippen molar-refractivity contribution in [2.45, 2.75) is 19.0 Å². The molecule has 9 heteroatoms. The lowest BCUT2D eigenvalue weighted by molar-refractivity contribution is 0.122. The number of morpholine rings is 1. The first kappa shape index (κ1) is 17.9. The molecule has 0 unspecified atom stereocenters. The number of hydrogen-bond acceptors (Lipinski definition) is 7. The lowest BCUT2D eigenvalue weighted by Gasteiger charge is -2.31. The van der Waals surface area contributed by atoms with Crippen molar-refractivity contribution in [3.05, 3.63) is 33.9 Å². The maximum Gasteiger partial charge on any atom is 0.179 e. The Kier molecular flexibility index (Phi) is 4.31. The molecule has 2 aliphatic heterocycles. The van der Waals surface area contributed by atoms with Crippen molar-refractivity contribution in [2.75, 3.05) is 41.8 Å². The van der Waals surface area contributed by atoms with Crippen molar-refractivity contribution in [1.82, 2.24) is 19.5 Å². The molecular weight excluding hydrogens is 469 g/mol. The molecule has 0 amide bonds. The minimum absolute atomic E-state index is 0.547. The second-order valence-corrected chi connectivity index (χ2v) is 8.10. The van der Waals surface area contributed by atoms with Crippen LogP contribution in [0.1, 0.15) is 19.2 Å². The van der Waals surface area contributed by atoms with Crippen LogP contribution in [-0.2, 0) is 17.4 Å². The molecule has 2 aromatic heterocycles. The van der Waals surface area contributed by atoms with E-state index in [1.165, 1.54) is 0 Å². The number of anilines is 3. The Hall–Kier alpha value is -2.14. The second kappa shape index (κ2) is 6.73. The Morgan fingerprint density at radius 3 is 2.43 bits per heavy atom. The van der Waals surface area contributed by atoms with Gasteiger partial charge in [-0.15, -0.1) is 0 Å². The normalized spacial score (nSPS) is 18.0. The highest BCUT2D eigenvalue weighted by Crippen LogP contribution is 2.41. The van der Waals surface area contributed by atoms with E-state index in [4.69, 9.17) is 19.7 Å². The molecule has 1 aromatic carbocycles. The molecule has 28 heavy (non-hydrogen) atoms. The molecule has 0 radical (unpaired) electrons. The highest BCUT2D eigenvalue weighted by atomic mass is 127. The van der Waals surface area contributed by atoms with E-state index in [0.29, 0.717) is 13.2 Å². The van der Waals surface area contributed by atoms with E-state index in [1.54, 1.807) is 0 Å². The number of ether oxygens (including phenoxy) is 1. The van der Waals surface area contributed by atoms with Crippen molar-refractivity contribution in [3.63, 3.8) is 0 Å². The summed E-state index contributed by atoms with van der Waals surface area (Å²) >= 11 is 2.25. The van der Waals surface area contributed by atoms with E-state index < -0.39 is 5.66 Å². The van der Waals surface area contributed by atoms with E-state index >= 15 is 0 Å². The SMILES string of the molecule is CCC1(c2nc(N3CCOCC3)c3nc(I)n(C)c3n2)Nc2ccccc2N1. The van der Waals surface area contributed by atoms with Crippen LogP contribution in [0.3, 0.4) is 0 Å². The number of benzene rings is 1. The lowest BCUT2D eigenvalue weighted by atomic mass is 10.1. The Morgan fingerprint density at radius 2 is 1.79 bits per heavy atom. The molecule has 2 N–H and O–H groups in total. The summed E-state index contributed by atoms with van der Waals surface area (Å²) in [5.74, 6) is 1.62. The number of aryl methyl sites for hydroxylation is 1. The van der Waals surface area contributed by atoms with Crippen molar-refractivity contribution < 1.29 is 4.74 Å². The molecule has 2 aliphatic rings. The van der Waals surface area contributed by atoms with Crippen LogP contribution in [0.5, 0.6) is 0 Å². The summed E-state index contributed by atoms with van der Waals surface area (Å²) in [7, 11) is 2.00. The first-order chi connectivity index (χ1) is 13.6. The number of halogens is 1. The topological polar surface area (TPSA) is 80.1 Å². The van der Waals surface area contributed by atoms with Gasteiger partial charge in [-0.1, -0.05) is 19.1 Å². The molecule has 8 nitrogen and oxygen atoms in total. The monoisotopic (exact) mass is 491 g/mol. The number of hydrogen-bond donors (Lipinski definition) is 2. The molecule has 1 saturated heterocycles. The van der Waals surface area contributed by atoms with Gasteiger partial charge in [0.25, 0.3) is 0 Å². The molecule has 0 saturated carbocycles. The largest absolute Gasteiger partial charge is 0.378 e. The van der Waals surface area contributed by atoms with Crippen LogP contribution >= 0.6 is 22.6 Å². The number of nitrogens with zero attached hydrogens (tertiary/aromatic N) is 5. The Labute approximate surface area is 176 Å². The van der Waals surface area contributed by atoms with Gasteiger partial charge in [-0.25, -0.2) is 15.0 Å². The van der Waals surface area contributed by atoms with E-state index in [9.17, 15) is 0 Å².